The molecule has 0 saturated carbocycles. The summed E-state index contributed by atoms with van der Waals surface area (Å²) in [7, 11) is 0. The van der Waals surface area contributed by atoms with Crippen molar-refractivity contribution in [1.82, 2.24) is 15.5 Å². The molecule has 1 heterocycles. The molecule has 82 valence electrons. The van der Waals surface area contributed by atoms with Crippen molar-refractivity contribution in [2.45, 2.75) is 6.92 Å². The van der Waals surface area contributed by atoms with E-state index in [1.54, 1.807) is 6.92 Å². The highest BCUT2D eigenvalue weighted by atomic mass is 32.1. The zero-order chi connectivity index (χ0) is 11.3. The number of hydrogen-bond acceptors (Lipinski definition) is 6. The Kier molecular flexibility index (Phi) is 3.98. The maximum absolute atomic E-state index is 11.0. The Labute approximate surface area is 89.5 Å². The standard InChI is InChI=1S/C7H10N4O3S/c1-4-10-11-7(15-4)9-2-5(12)8-3-6(13)14/h2-3H2,1H3,(H,8,12)(H,9,11)(H,13,14). The van der Waals surface area contributed by atoms with Gasteiger partial charge in [-0.05, 0) is 6.92 Å². The van der Waals surface area contributed by atoms with E-state index in [9.17, 15) is 9.59 Å². The lowest BCUT2D eigenvalue weighted by atomic mass is 10.5. The summed E-state index contributed by atoms with van der Waals surface area (Å²) < 4.78 is 0. The third-order valence-electron chi connectivity index (χ3n) is 1.36. The zero-order valence-electron chi connectivity index (χ0n) is 7.98. The smallest absolute Gasteiger partial charge is 0.322 e. The number of nitrogens with zero attached hydrogens (tertiary/aromatic N) is 2. The van der Waals surface area contributed by atoms with Crippen LogP contribution in [0.2, 0.25) is 0 Å². The number of rotatable bonds is 5. The first-order valence-electron chi connectivity index (χ1n) is 4.10. The Bertz CT molecular complexity index is 365. The first-order valence-corrected chi connectivity index (χ1v) is 4.92. The van der Waals surface area contributed by atoms with E-state index in [2.05, 4.69) is 20.8 Å². The van der Waals surface area contributed by atoms with Gasteiger partial charge in [-0.1, -0.05) is 11.3 Å². The third kappa shape index (κ3) is 4.36. The van der Waals surface area contributed by atoms with Crippen LogP contribution >= 0.6 is 11.3 Å². The minimum Gasteiger partial charge on any atom is -0.480 e. The summed E-state index contributed by atoms with van der Waals surface area (Å²) in [6, 6.07) is 0. The molecule has 7 nitrogen and oxygen atoms in total. The largest absolute Gasteiger partial charge is 0.480 e. The molecule has 0 unspecified atom stereocenters. The number of carbonyl (C=O) groups excluding carboxylic acids is 1. The van der Waals surface area contributed by atoms with Crippen LogP contribution in [0.25, 0.3) is 0 Å². The minimum atomic E-state index is -1.07. The van der Waals surface area contributed by atoms with Gasteiger partial charge in [0.2, 0.25) is 11.0 Å². The molecule has 1 rings (SSSR count). The summed E-state index contributed by atoms with van der Waals surface area (Å²) in [4.78, 5) is 21.2. The summed E-state index contributed by atoms with van der Waals surface area (Å²) >= 11 is 1.32. The summed E-state index contributed by atoms with van der Waals surface area (Å²) in [6.07, 6.45) is 0. The Morgan fingerprint density at radius 2 is 2.13 bits per heavy atom. The first-order chi connectivity index (χ1) is 7.08. The van der Waals surface area contributed by atoms with Gasteiger partial charge < -0.3 is 15.7 Å². The SMILES string of the molecule is Cc1nnc(NCC(=O)NCC(=O)O)s1. The van der Waals surface area contributed by atoms with Crippen LogP contribution in [-0.4, -0.2) is 40.3 Å². The molecule has 0 aliphatic carbocycles. The molecule has 1 aromatic rings. The van der Waals surface area contributed by atoms with Crippen molar-refractivity contribution < 1.29 is 14.7 Å². The number of anilines is 1. The van der Waals surface area contributed by atoms with Crippen LogP contribution in [0.3, 0.4) is 0 Å². The number of carboxylic acid groups (broad SMARTS) is 1. The van der Waals surface area contributed by atoms with E-state index in [1.807, 2.05) is 0 Å². The van der Waals surface area contributed by atoms with Gasteiger partial charge in [0.25, 0.3) is 0 Å². The molecule has 0 aromatic carbocycles. The van der Waals surface area contributed by atoms with Crippen LogP contribution in [0.4, 0.5) is 5.13 Å². The number of aryl methyl sites for hydroxylation is 1. The van der Waals surface area contributed by atoms with Gasteiger partial charge in [0.15, 0.2) is 0 Å². The summed E-state index contributed by atoms with van der Waals surface area (Å²) in [5.74, 6) is -1.47. The van der Waals surface area contributed by atoms with Crippen molar-refractivity contribution in [3.05, 3.63) is 5.01 Å². The molecule has 1 aromatic heterocycles. The highest BCUT2D eigenvalue weighted by Gasteiger charge is 2.05. The topological polar surface area (TPSA) is 104 Å². The Morgan fingerprint density at radius 3 is 2.67 bits per heavy atom. The molecule has 0 spiro atoms. The fourth-order valence-electron chi connectivity index (χ4n) is 0.761. The predicted octanol–water partition coefficient (Wildman–Crippen LogP) is -0.541. The van der Waals surface area contributed by atoms with E-state index >= 15 is 0 Å². The van der Waals surface area contributed by atoms with E-state index in [0.29, 0.717) is 5.13 Å². The van der Waals surface area contributed by atoms with Crippen LogP contribution in [0.15, 0.2) is 0 Å². The predicted molar refractivity (Wildman–Crippen MR) is 53.8 cm³/mol. The molecular weight excluding hydrogens is 220 g/mol. The number of carboxylic acids is 1. The van der Waals surface area contributed by atoms with Crippen molar-refractivity contribution in [1.29, 1.82) is 0 Å². The van der Waals surface area contributed by atoms with Crippen LogP contribution in [0.5, 0.6) is 0 Å². The van der Waals surface area contributed by atoms with Crippen molar-refractivity contribution in [2.24, 2.45) is 0 Å². The van der Waals surface area contributed by atoms with E-state index in [0.717, 1.165) is 5.01 Å². The van der Waals surface area contributed by atoms with E-state index in [1.165, 1.54) is 11.3 Å². The van der Waals surface area contributed by atoms with E-state index < -0.39 is 11.9 Å². The van der Waals surface area contributed by atoms with Gasteiger partial charge >= 0.3 is 5.97 Å². The monoisotopic (exact) mass is 230 g/mol. The Hall–Kier alpha value is -1.70. The molecule has 0 bridgehead atoms. The quantitative estimate of drug-likeness (QED) is 0.627. The van der Waals surface area contributed by atoms with Gasteiger partial charge in [-0.2, -0.15) is 0 Å². The number of amides is 1. The second kappa shape index (κ2) is 5.25. The number of aliphatic carboxylic acids is 1. The van der Waals surface area contributed by atoms with Gasteiger partial charge in [-0.25, -0.2) is 0 Å². The average Bonchev–Trinajstić information content (AvgIpc) is 2.58. The maximum atomic E-state index is 11.0. The number of hydrogen-bond donors (Lipinski definition) is 3. The van der Waals surface area contributed by atoms with Crippen LogP contribution < -0.4 is 10.6 Å². The van der Waals surface area contributed by atoms with E-state index in [4.69, 9.17) is 5.11 Å². The maximum Gasteiger partial charge on any atom is 0.322 e. The van der Waals surface area contributed by atoms with Crippen molar-refractivity contribution in [3.63, 3.8) is 0 Å². The molecule has 0 aliphatic rings. The third-order valence-corrected chi connectivity index (χ3v) is 2.16. The highest BCUT2D eigenvalue weighted by molar-refractivity contribution is 7.15. The Morgan fingerprint density at radius 1 is 1.40 bits per heavy atom. The van der Waals surface area contributed by atoms with Gasteiger partial charge in [0, 0.05) is 0 Å². The molecule has 0 radical (unpaired) electrons. The molecule has 0 aliphatic heterocycles. The summed E-state index contributed by atoms with van der Waals surface area (Å²) in [6.45, 7) is 1.41. The molecule has 8 heteroatoms. The normalized spacial score (nSPS) is 9.67. The lowest BCUT2D eigenvalue weighted by molar-refractivity contribution is -0.137. The zero-order valence-corrected chi connectivity index (χ0v) is 8.80. The molecule has 0 atom stereocenters. The van der Waals surface area contributed by atoms with Crippen molar-refractivity contribution >= 4 is 28.3 Å². The number of nitrogens with one attached hydrogen (secondary N) is 2. The highest BCUT2D eigenvalue weighted by Crippen LogP contribution is 2.12. The van der Waals surface area contributed by atoms with Crippen LogP contribution in [-0.2, 0) is 9.59 Å². The second-order valence-corrected chi connectivity index (χ2v) is 3.83. The lowest BCUT2D eigenvalue weighted by Gasteiger charge is -2.01. The Balaban J connectivity index is 2.25. The number of aromatic nitrogens is 2. The first kappa shape index (κ1) is 11.4. The van der Waals surface area contributed by atoms with Gasteiger partial charge in [0.05, 0.1) is 6.54 Å². The van der Waals surface area contributed by atoms with Gasteiger partial charge in [-0.3, -0.25) is 9.59 Å². The van der Waals surface area contributed by atoms with Gasteiger partial charge in [0.1, 0.15) is 11.6 Å². The average molecular weight is 230 g/mol. The molecule has 0 saturated heterocycles. The fraction of sp³-hybridized carbons (Fsp3) is 0.429. The molecule has 1 amide bonds. The molecule has 3 N–H and O–H groups in total. The van der Waals surface area contributed by atoms with Crippen molar-refractivity contribution in [3.8, 4) is 0 Å². The van der Waals surface area contributed by atoms with Gasteiger partial charge in [-0.15, -0.1) is 10.2 Å². The fourth-order valence-corrected chi connectivity index (χ4v) is 1.35. The summed E-state index contributed by atoms with van der Waals surface area (Å²) in [5.41, 5.74) is 0. The molecule has 0 fully saturated rings. The van der Waals surface area contributed by atoms with Crippen LogP contribution in [0.1, 0.15) is 5.01 Å². The minimum absolute atomic E-state index is 0.0120. The van der Waals surface area contributed by atoms with Crippen LogP contribution in [0, 0.1) is 6.92 Å². The van der Waals surface area contributed by atoms with Crippen molar-refractivity contribution in [2.75, 3.05) is 18.4 Å². The molecular formula is C7H10N4O3S. The molecule has 15 heavy (non-hydrogen) atoms. The summed E-state index contributed by atoms with van der Waals surface area (Å²) in [5, 5.41) is 22.1. The number of carbonyl (C=O) groups is 2. The van der Waals surface area contributed by atoms with E-state index in [-0.39, 0.29) is 13.1 Å². The second-order valence-electron chi connectivity index (χ2n) is 2.65. The lowest BCUT2D eigenvalue weighted by Crippen LogP contribution is -2.33.